The second-order valence-electron chi connectivity index (χ2n) is 7.76. The third-order valence-electron chi connectivity index (χ3n) is 5.83. The Morgan fingerprint density at radius 3 is 2.83 bits per heavy atom. The number of nitrogens with one attached hydrogen (secondary N) is 2. The fourth-order valence-electron chi connectivity index (χ4n) is 4.12. The van der Waals surface area contributed by atoms with E-state index in [0.29, 0.717) is 12.1 Å². The Morgan fingerprint density at radius 1 is 1.27 bits per heavy atom. The van der Waals surface area contributed by atoms with Crippen LogP contribution in [0, 0.1) is 0 Å². The van der Waals surface area contributed by atoms with Crippen molar-refractivity contribution in [1.82, 2.24) is 20.3 Å². The summed E-state index contributed by atoms with van der Waals surface area (Å²) in [7, 11) is 0. The number of aromatic amines is 1. The first kappa shape index (κ1) is 20.0. The van der Waals surface area contributed by atoms with Crippen LogP contribution in [0.5, 0.6) is 0 Å². The monoisotopic (exact) mass is 404 g/mol. The second kappa shape index (κ2) is 8.59. The van der Waals surface area contributed by atoms with Crippen molar-refractivity contribution >= 4 is 22.5 Å². The smallest absolute Gasteiger partial charge is 0.219 e. The van der Waals surface area contributed by atoms with Crippen molar-refractivity contribution in [3.05, 3.63) is 60.7 Å². The molecule has 7 heteroatoms. The van der Waals surface area contributed by atoms with E-state index in [1.807, 2.05) is 31.5 Å². The minimum absolute atomic E-state index is 0.0777. The highest BCUT2D eigenvalue weighted by molar-refractivity contribution is 5.85. The van der Waals surface area contributed by atoms with Crippen molar-refractivity contribution < 1.29 is 4.79 Å². The molecule has 7 nitrogen and oxygen atoms in total. The minimum atomic E-state index is 0.0777. The number of amides is 1. The van der Waals surface area contributed by atoms with Gasteiger partial charge in [-0.1, -0.05) is 19.1 Å². The zero-order chi connectivity index (χ0) is 21.1. The molecule has 0 spiro atoms. The van der Waals surface area contributed by atoms with E-state index in [2.05, 4.69) is 39.6 Å². The SMILES string of the molecule is CCC(=O)NC1CCC(N(N)/C(=C\N)c2ccc(-c3ccc4[nH]ccc4c3)cn2)C1. The standard InChI is InChI=1S/C23H28N6O/c1-2-23(30)28-18-5-6-19(12-18)29(25)22(13-24)21-8-4-17(14-27-21)15-3-7-20-16(11-15)9-10-26-20/h3-4,7-11,13-14,18-19,26H,2,5-6,12,24-25H2,1H3,(H,28,30)/b22-13-. The van der Waals surface area contributed by atoms with Crippen molar-refractivity contribution in [1.29, 1.82) is 0 Å². The maximum absolute atomic E-state index is 11.7. The summed E-state index contributed by atoms with van der Waals surface area (Å²) in [5.74, 6) is 6.50. The fraction of sp³-hybridized carbons (Fsp3) is 0.304. The van der Waals surface area contributed by atoms with E-state index in [-0.39, 0.29) is 18.0 Å². The van der Waals surface area contributed by atoms with Crippen LogP contribution >= 0.6 is 0 Å². The lowest BCUT2D eigenvalue weighted by Crippen LogP contribution is -2.40. The van der Waals surface area contributed by atoms with Crippen molar-refractivity contribution in [2.75, 3.05) is 0 Å². The Kier molecular flexibility index (Phi) is 5.72. The van der Waals surface area contributed by atoms with Gasteiger partial charge in [0.25, 0.3) is 0 Å². The van der Waals surface area contributed by atoms with Crippen LogP contribution in [-0.4, -0.2) is 33.0 Å². The van der Waals surface area contributed by atoms with E-state index in [0.717, 1.165) is 41.6 Å². The summed E-state index contributed by atoms with van der Waals surface area (Å²) < 4.78 is 0. The maximum Gasteiger partial charge on any atom is 0.219 e. The van der Waals surface area contributed by atoms with Gasteiger partial charge in [-0.2, -0.15) is 0 Å². The Balaban J connectivity index is 1.47. The van der Waals surface area contributed by atoms with E-state index in [1.165, 1.54) is 11.6 Å². The number of aromatic nitrogens is 2. The number of nitrogens with two attached hydrogens (primary N) is 2. The predicted molar refractivity (Wildman–Crippen MR) is 120 cm³/mol. The van der Waals surface area contributed by atoms with Gasteiger partial charge in [0.1, 0.15) is 0 Å². The molecule has 1 saturated carbocycles. The largest absolute Gasteiger partial charge is 0.403 e. The molecule has 1 aromatic carbocycles. The number of pyridine rings is 1. The van der Waals surface area contributed by atoms with Crippen molar-refractivity contribution in [2.24, 2.45) is 11.6 Å². The average Bonchev–Trinajstić information content (AvgIpc) is 3.43. The number of fused-ring (bicyclic) bond motifs is 1. The quantitative estimate of drug-likeness (QED) is 0.372. The Morgan fingerprint density at radius 2 is 2.10 bits per heavy atom. The van der Waals surface area contributed by atoms with Gasteiger partial charge in [-0.3, -0.25) is 9.78 Å². The summed E-state index contributed by atoms with van der Waals surface area (Å²) in [6, 6.07) is 12.6. The molecule has 1 amide bonds. The van der Waals surface area contributed by atoms with E-state index in [4.69, 9.17) is 11.6 Å². The molecule has 156 valence electrons. The van der Waals surface area contributed by atoms with Gasteiger partial charge in [-0.05, 0) is 54.5 Å². The first-order valence-corrected chi connectivity index (χ1v) is 10.4. The number of carbonyl (C=O) groups excluding carboxylic acids is 1. The lowest BCUT2D eigenvalue weighted by atomic mass is 10.1. The lowest BCUT2D eigenvalue weighted by molar-refractivity contribution is -0.121. The Labute approximate surface area is 176 Å². The molecule has 0 radical (unpaired) electrons. The fourth-order valence-corrected chi connectivity index (χ4v) is 4.12. The molecule has 2 heterocycles. The molecule has 1 aliphatic carbocycles. The number of hydrazine groups is 1. The molecule has 0 bridgehead atoms. The number of nitrogens with zero attached hydrogens (tertiary/aromatic N) is 2. The maximum atomic E-state index is 11.7. The van der Waals surface area contributed by atoms with Crippen LogP contribution in [0.25, 0.3) is 27.7 Å². The number of hydrogen-bond donors (Lipinski definition) is 4. The highest BCUT2D eigenvalue weighted by atomic mass is 16.1. The van der Waals surface area contributed by atoms with Gasteiger partial charge in [-0.15, -0.1) is 0 Å². The average molecular weight is 405 g/mol. The summed E-state index contributed by atoms with van der Waals surface area (Å²) >= 11 is 0. The zero-order valence-electron chi connectivity index (χ0n) is 17.1. The zero-order valence-corrected chi connectivity index (χ0v) is 17.1. The second-order valence-corrected chi connectivity index (χ2v) is 7.76. The van der Waals surface area contributed by atoms with Crippen molar-refractivity contribution in [2.45, 2.75) is 44.7 Å². The van der Waals surface area contributed by atoms with Gasteiger partial charge in [0.2, 0.25) is 5.91 Å². The highest BCUT2D eigenvalue weighted by Gasteiger charge is 2.30. The molecular weight excluding hydrogens is 376 g/mol. The molecule has 2 atom stereocenters. The third kappa shape index (κ3) is 4.02. The molecule has 1 fully saturated rings. The van der Waals surface area contributed by atoms with Crippen molar-refractivity contribution in [3.8, 4) is 11.1 Å². The molecule has 0 aliphatic heterocycles. The van der Waals surface area contributed by atoms with Crippen LogP contribution in [0.2, 0.25) is 0 Å². The van der Waals surface area contributed by atoms with Gasteiger partial charge >= 0.3 is 0 Å². The molecular formula is C23H28N6O. The lowest BCUT2D eigenvalue weighted by Gasteiger charge is -2.28. The van der Waals surface area contributed by atoms with Crippen LogP contribution in [0.15, 0.2) is 55.0 Å². The molecule has 30 heavy (non-hydrogen) atoms. The van der Waals surface area contributed by atoms with Crippen LogP contribution in [0.3, 0.4) is 0 Å². The van der Waals surface area contributed by atoms with Gasteiger partial charge in [-0.25, -0.2) is 5.84 Å². The first-order chi connectivity index (χ1) is 14.6. The molecule has 0 saturated heterocycles. The Hall–Kier alpha value is -3.32. The van der Waals surface area contributed by atoms with Gasteiger partial charge in [0, 0.05) is 48.2 Å². The van der Waals surface area contributed by atoms with E-state index in [1.54, 1.807) is 5.01 Å². The third-order valence-corrected chi connectivity index (χ3v) is 5.83. The van der Waals surface area contributed by atoms with Crippen LogP contribution < -0.4 is 16.9 Å². The van der Waals surface area contributed by atoms with Gasteiger partial charge in [0.05, 0.1) is 11.4 Å². The van der Waals surface area contributed by atoms with Gasteiger partial charge in [0.15, 0.2) is 0 Å². The number of rotatable bonds is 6. The van der Waals surface area contributed by atoms with E-state index in [9.17, 15) is 4.79 Å². The molecule has 3 aromatic rings. The number of hydrogen-bond acceptors (Lipinski definition) is 5. The molecule has 6 N–H and O–H groups in total. The Bertz CT molecular complexity index is 1060. The molecule has 1 aliphatic rings. The molecule has 2 aromatic heterocycles. The topological polar surface area (TPSA) is 113 Å². The number of H-pyrrole nitrogens is 1. The van der Waals surface area contributed by atoms with Crippen molar-refractivity contribution in [3.63, 3.8) is 0 Å². The summed E-state index contributed by atoms with van der Waals surface area (Å²) in [4.78, 5) is 19.5. The van der Waals surface area contributed by atoms with E-state index >= 15 is 0 Å². The van der Waals surface area contributed by atoms with E-state index < -0.39 is 0 Å². The summed E-state index contributed by atoms with van der Waals surface area (Å²) in [5.41, 5.74) is 10.6. The first-order valence-electron chi connectivity index (χ1n) is 10.4. The number of carbonyl (C=O) groups is 1. The van der Waals surface area contributed by atoms with Crippen LogP contribution in [0.4, 0.5) is 0 Å². The summed E-state index contributed by atoms with van der Waals surface area (Å²) in [6.07, 6.45) is 8.40. The molecule has 2 unspecified atom stereocenters. The normalized spacial score (nSPS) is 19.2. The van der Waals surface area contributed by atoms with Gasteiger partial charge < -0.3 is 21.0 Å². The minimum Gasteiger partial charge on any atom is -0.403 e. The highest BCUT2D eigenvalue weighted by Crippen LogP contribution is 2.29. The number of benzene rings is 1. The van der Waals surface area contributed by atoms with Crippen LogP contribution in [0.1, 0.15) is 38.3 Å². The summed E-state index contributed by atoms with van der Waals surface area (Å²) in [6.45, 7) is 1.86. The predicted octanol–water partition coefficient (Wildman–Crippen LogP) is 3.11. The summed E-state index contributed by atoms with van der Waals surface area (Å²) in [5, 5.41) is 5.92. The molecule has 4 rings (SSSR count). The van der Waals surface area contributed by atoms with Crippen LogP contribution in [-0.2, 0) is 4.79 Å².